The minimum atomic E-state index is -4.75. The van der Waals surface area contributed by atoms with E-state index in [1.54, 1.807) is 0 Å². The number of carbonyl (C=O) groups is 1. The highest BCUT2D eigenvalue weighted by molar-refractivity contribution is 5.81. The second-order valence-electron chi connectivity index (χ2n) is 7.99. The van der Waals surface area contributed by atoms with Gasteiger partial charge < -0.3 is 19.4 Å². The molecule has 0 fully saturated rings. The van der Waals surface area contributed by atoms with Crippen molar-refractivity contribution in [3.63, 3.8) is 0 Å². The molecule has 0 radical (unpaired) electrons. The Bertz CT molecular complexity index is 1300. The van der Waals surface area contributed by atoms with Gasteiger partial charge in [0, 0.05) is 12.1 Å². The fourth-order valence-electron chi connectivity index (χ4n) is 3.88. The molecule has 35 heavy (non-hydrogen) atoms. The monoisotopic (exact) mass is 483 g/mol. The first-order chi connectivity index (χ1) is 16.7. The largest absolute Gasteiger partial charge is 0.573 e. The summed E-state index contributed by atoms with van der Waals surface area (Å²) in [7, 11) is 1.36. The molecule has 9 heteroatoms. The molecule has 0 saturated carbocycles. The maximum absolute atomic E-state index is 12.5. The van der Waals surface area contributed by atoms with Crippen LogP contribution >= 0.6 is 0 Å². The number of carbonyl (C=O) groups excluding carboxylic acids is 1. The molecule has 0 amide bonds. The maximum Gasteiger partial charge on any atom is 0.573 e. The van der Waals surface area contributed by atoms with E-state index < -0.39 is 6.36 Å². The normalized spacial score (nSPS) is 12.4. The number of aromatic nitrogens is 2. The van der Waals surface area contributed by atoms with E-state index in [-0.39, 0.29) is 24.2 Å². The number of nitrogens with one attached hydrogen (secondary N) is 1. The van der Waals surface area contributed by atoms with Crippen LogP contribution in [0.25, 0.3) is 11.0 Å². The number of nitrogens with zero attached hydrogens (tertiary/aromatic N) is 2. The molecule has 0 aliphatic carbocycles. The summed E-state index contributed by atoms with van der Waals surface area (Å²) in [4.78, 5) is 16.3. The maximum atomic E-state index is 12.5. The first kappa shape index (κ1) is 24.1. The Morgan fingerprint density at radius 2 is 1.77 bits per heavy atom. The van der Waals surface area contributed by atoms with Crippen molar-refractivity contribution in [1.29, 1.82) is 0 Å². The number of hydrogen-bond donors (Lipinski definition) is 1. The lowest BCUT2D eigenvalue weighted by atomic mass is 10.1. The van der Waals surface area contributed by atoms with E-state index in [9.17, 15) is 18.0 Å². The highest BCUT2D eigenvalue weighted by Crippen LogP contribution is 2.32. The van der Waals surface area contributed by atoms with Crippen LogP contribution in [-0.2, 0) is 16.0 Å². The summed E-state index contributed by atoms with van der Waals surface area (Å²) in [6, 6.07) is 21.2. The lowest BCUT2D eigenvalue weighted by molar-refractivity contribution is -0.274. The molecule has 6 nitrogen and oxygen atoms in total. The molecule has 4 rings (SSSR count). The van der Waals surface area contributed by atoms with Crippen molar-refractivity contribution in [3.05, 3.63) is 83.9 Å². The summed E-state index contributed by atoms with van der Waals surface area (Å²) in [6.45, 7) is 2.05. The molecule has 0 unspecified atom stereocenters. The van der Waals surface area contributed by atoms with Crippen molar-refractivity contribution in [1.82, 2.24) is 9.55 Å². The molecule has 1 heterocycles. The Morgan fingerprint density at radius 1 is 1.06 bits per heavy atom. The van der Waals surface area contributed by atoms with Gasteiger partial charge in [0.15, 0.2) is 0 Å². The SMILES string of the molecule is COC(=O)CCc1ccc2c(c1)nc(Nc1ccc(OC(F)(F)F)cc1)n2[C@H](C)c1ccccc1. The van der Waals surface area contributed by atoms with Gasteiger partial charge in [0.2, 0.25) is 5.95 Å². The molecule has 3 aromatic carbocycles. The predicted molar refractivity (Wildman–Crippen MR) is 127 cm³/mol. The van der Waals surface area contributed by atoms with Gasteiger partial charge in [0.1, 0.15) is 5.75 Å². The van der Waals surface area contributed by atoms with E-state index in [4.69, 9.17) is 9.72 Å². The molecule has 1 aromatic heterocycles. The molecule has 0 saturated heterocycles. The molecule has 1 N–H and O–H groups in total. The molecule has 4 aromatic rings. The van der Waals surface area contributed by atoms with Gasteiger partial charge in [-0.1, -0.05) is 36.4 Å². The molecular formula is C26H24F3N3O3. The predicted octanol–water partition coefficient (Wildman–Crippen LogP) is 6.39. The van der Waals surface area contributed by atoms with E-state index in [0.717, 1.165) is 22.2 Å². The van der Waals surface area contributed by atoms with Crippen LogP contribution in [-0.4, -0.2) is 29.0 Å². The van der Waals surface area contributed by atoms with Crippen molar-refractivity contribution in [2.75, 3.05) is 12.4 Å². The zero-order valence-corrected chi connectivity index (χ0v) is 19.2. The topological polar surface area (TPSA) is 65.4 Å². The Labute approximate surface area is 200 Å². The number of aryl methyl sites for hydroxylation is 1. The summed E-state index contributed by atoms with van der Waals surface area (Å²) in [5.74, 6) is -0.0518. The van der Waals surface area contributed by atoms with E-state index >= 15 is 0 Å². The second kappa shape index (κ2) is 10.1. The third kappa shape index (κ3) is 5.92. The number of benzene rings is 3. The first-order valence-corrected chi connectivity index (χ1v) is 11.0. The number of imidazole rings is 1. The van der Waals surface area contributed by atoms with E-state index in [1.807, 2.05) is 60.0 Å². The van der Waals surface area contributed by atoms with Crippen LogP contribution in [0.2, 0.25) is 0 Å². The highest BCUT2D eigenvalue weighted by atomic mass is 19.4. The number of methoxy groups -OCH3 is 1. The molecule has 182 valence electrons. The third-order valence-corrected chi connectivity index (χ3v) is 5.61. The zero-order chi connectivity index (χ0) is 25.0. The van der Waals surface area contributed by atoms with Crippen LogP contribution in [0.5, 0.6) is 5.75 Å². The van der Waals surface area contributed by atoms with Gasteiger partial charge >= 0.3 is 12.3 Å². The second-order valence-corrected chi connectivity index (χ2v) is 7.99. The first-order valence-electron chi connectivity index (χ1n) is 11.0. The number of ether oxygens (including phenoxy) is 2. The van der Waals surface area contributed by atoms with Crippen LogP contribution < -0.4 is 10.1 Å². The standard InChI is InChI=1S/C26H24F3N3O3/c1-17(19-6-4-3-5-7-19)32-23-14-8-18(9-15-24(33)34-2)16-22(23)31-25(32)30-20-10-12-21(13-11-20)35-26(27,28)29/h3-8,10-14,16-17H,9,15H2,1-2H3,(H,30,31)/t17-/m1/s1. The fourth-order valence-corrected chi connectivity index (χ4v) is 3.88. The summed E-state index contributed by atoms with van der Waals surface area (Å²) < 4.78 is 48.2. The van der Waals surface area contributed by atoms with Crippen molar-refractivity contribution < 1.29 is 27.4 Å². The van der Waals surface area contributed by atoms with E-state index in [1.165, 1.54) is 31.4 Å². The van der Waals surface area contributed by atoms with Gasteiger partial charge in [0.05, 0.1) is 24.2 Å². The zero-order valence-electron chi connectivity index (χ0n) is 19.2. The molecule has 0 bridgehead atoms. The third-order valence-electron chi connectivity index (χ3n) is 5.61. The Kier molecular flexibility index (Phi) is 6.95. The van der Waals surface area contributed by atoms with Gasteiger partial charge in [-0.2, -0.15) is 0 Å². The summed E-state index contributed by atoms with van der Waals surface area (Å²) in [5, 5.41) is 3.22. The van der Waals surface area contributed by atoms with E-state index in [0.29, 0.717) is 18.1 Å². The van der Waals surface area contributed by atoms with Gasteiger partial charge in [-0.3, -0.25) is 4.79 Å². The van der Waals surface area contributed by atoms with Crippen molar-refractivity contribution in [3.8, 4) is 5.75 Å². The van der Waals surface area contributed by atoms with Crippen LogP contribution in [0.4, 0.5) is 24.8 Å². The van der Waals surface area contributed by atoms with Crippen LogP contribution in [0.3, 0.4) is 0 Å². The quantitative estimate of drug-likeness (QED) is 0.294. The van der Waals surface area contributed by atoms with Crippen molar-refractivity contribution >= 4 is 28.6 Å². The van der Waals surface area contributed by atoms with Crippen molar-refractivity contribution in [2.45, 2.75) is 32.2 Å². The van der Waals surface area contributed by atoms with Gasteiger partial charge in [-0.05, 0) is 60.9 Å². The fraction of sp³-hybridized carbons (Fsp3) is 0.231. The molecule has 0 aliphatic rings. The number of rotatable bonds is 8. The summed E-state index contributed by atoms with van der Waals surface area (Å²) in [6.07, 6.45) is -3.96. The molecular weight excluding hydrogens is 459 g/mol. The Balaban J connectivity index is 1.69. The number of esters is 1. The number of hydrogen-bond acceptors (Lipinski definition) is 5. The Morgan fingerprint density at radius 3 is 2.43 bits per heavy atom. The Hall–Kier alpha value is -4.01. The molecule has 0 aliphatic heterocycles. The summed E-state index contributed by atoms with van der Waals surface area (Å²) in [5.41, 5.74) is 4.18. The molecule has 0 spiro atoms. The summed E-state index contributed by atoms with van der Waals surface area (Å²) >= 11 is 0. The lowest BCUT2D eigenvalue weighted by Gasteiger charge is -2.19. The van der Waals surface area contributed by atoms with Crippen LogP contribution in [0.15, 0.2) is 72.8 Å². The smallest absolute Gasteiger partial charge is 0.469 e. The van der Waals surface area contributed by atoms with Gasteiger partial charge in [0.25, 0.3) is 0 Å². The average Bonchev–Trinajstić information content (AvgIpc) is 3.19. The number of alkyl halides is 3. The lowest BCUT2D eigenvalue weighted by Crippen LogP contribution is -2.17. The number of fused-ring (bicyclic) bond motifs is 1. The molecule has 1 atom stereocenters. The minimum absolute atomic E-state index is 0.0857. The van der Waals surface area contributed by atoms with Gasteiger partial charge in [-0.15, -0.1) is 13.2 Å². The number of anilines is 2. The number of halogens is 3. The average molecular weight is 483 g/mol. The van der Waals surface area contributed by atoms with Crippen LogP contribution in [0.1, 0.15) is 30.5 Å². The van der Waals surface area contributed by atoms with Gasteiger partial charge in [-0.25, -0.2) is 4.98 Å². The van der Waals surface area contributed by atoms with Crippen LogP contribution in [0, 0.1) is 0 Å². The van der Waals surface area contributed by atoms with E-state index in [2.05, 4.69) is 10.1 Å². The highest BCUT2D eigenvalue weighted by Gasteiger charge is 2.31. The minimum Gasteiger partial charge on any atom is -0.469 e. The van der Waals surface area contributed by atoms with Crippen molar-refractivity contribution in [2.24, 2.45) is 0 Å².